The number of carbonyl (C=O) groups is 1. The number of amides is 1. The van der Waals surface area contributed by atoms with E-state index in [-0.39, 0.29) is 5.91 Å². The largest absolute Gasteiger partial charge is 0.340 e. The van der Waals surface area contributed by atoms with Crippen LogP contribution < -0.4 is 5.32 Å². The van der Waals surface area contributed by atoms with E-state index in [4.69, 9.17) is 0 Å². The number of hydrogen-bond donors (Lipinski definition) is 1. The van der Waals surface area contributed by atoms with E-state index in [1.54, 1.807) is 0 Å². The Morgan fingerprint density at radius 1 is 1.12 bits per heavy atom. The molecule has 1 aliphatic heterocycles. The van der Waals surface area contributed by atoms with Gasteiger partial charge in [-0.05, 0) is 24.4 Å². The predicted molar refractivity (Wildman–Crippen MR) is 105 cm³/mol. The van der Waals surface area contributed by atoms with E-state index in [0.717, 1.165) is 45.8 Å². The molecule has 0 bridgehead atoms. The van der Waals surface area contributed by atoms with Gasteiger partial charge in [0.05, 0.1) is 0 Å². The quantitative estimate of drug-likeness (QED) is 0.700. The Morgan fingerprint density at radius 2 is 1.84 bits per heavy atom. The summed E-state index contributed by atoms with van der Waals surface area (Å²) >= 11 is 0. The van der Waals surface area contributed by atoms with Crippen LogP contribution >= 0.6 is 0 Å². The van der Waals surface area contributed by atoms with Crippen LogP contribution in [0, 0.1) is 5.92 Å². The molecule has 1 amide bonds. The molecule has 138 valence electrons. The molecule has 1 fully saturated rings. The summed E-state index contributed by atoms with van der Waals surface area (Å²) in [5, 5.41) is 3.37. The minimum atomic E-state index is 0.288. The highest BCUT2D eigenvalue weighted by atomic mass is 16.2. The van der Waals surface area contributed by atoms with Crippen LogP contribution in [0.4, 0.5) is 0 Å². The summed E-state index contributed by atoms with van der Waals surface area (Å²) in [5.41, 5.74) is 1.24. The van der Waals surface area contributed by atoms with Gasteiger partial charge in [0.1, 0.15) is 0 Å². The standard InChI is InChI=1S/C21H33N3O/c1-19(2)10-12-22-13-11-21(25)24-17-15-23(16-18-24)14-6-9-20-7-4-3-5-8-20/h3-9,19,22H,10-18H2,1-2H3/b9-6+. The lowest BCUT2D eigenvalue weighted by Gasteiger charge is -2.34. The van der Waals surface area contributed by atoms with Gasteiger partial charge in [-0.2, -0.15) is 0 Å². The van der Waals surface area contributed by atoms with E-state index in [1.807, 2.05) is 11.0 Å². The topological polar surface area (TPSA) is 35.6 Å². The summed E-state index contributed by atoms with van der Waals surface area (Å²) < 4.78 is 0. The number of hydrogen-bond acceptors (Lipinski definition) is 3. The Kier molecular flexibility index (Phi) is 8.70. The van der Waals surface area contributed by atoms with E-state index < -0.39 is 0 Å². The van der Waals surface area contributed by atoms with Crippen molar-refractivity contribution in [2.24, 2.45) is 5.92 Å². The van der Waals surface area contributed by atoms with Gasteiger partial charge in [0.2, 0.25) is 5.91 Å². The van der Waals surface area contributed by atoms with Crippen molar-refractivity contribution >= 4 is 12.0 Å². The van der Waals surface area contributed by atoms with Crippen LogP contribution in [0.15, 0.2) is 36.4 Å². The molecule has 1 aliphatic rings. The minimum absolute atomic E-state index is 0.288. The van der Waals surface area contributed by atoms with Crippen molar-refractivity contribution in [2.45, 2.75) is 26.7 Å². The number of piperazine rings is 1. The van der Waals surface area contributed by atoms with Gasteiger partial charge in [-0.1, -0.05) is 56.3 Å². The highest BCUT2D eigenvalue weighted by Crippen LogP contribution is 2.06. The molecule has 1 N–H and O–H groups in total. The normalized spacial score (nSPS) is 16.0. The zero-order chi connectivity index (χ0) is 17.9. The van der Waals surface area contributed by atoms with E-state index in [2.05, 4.69) is 60.5 Å². The second-order valence-corrected chi connectivity index (χ2v) is 7.18. The van der Waals surface area contributed by atoms with E-state index in [0.29, 0.717) is 12.3 Å². The molecule has 0 spiro atoms. The Hall–Kier alpha value is -1.65. The number of benzene rings is 1. The molecule has 2 rings (SSSR count). The van der Waals surface area contributed by atoms with E-state index >= 15 is 0 Å². The lowest BCUT2D eigenvalue weighted by atomic mass is 10.1. The van der Waals surface area contributed by atoms with Crippen molar-refractivity contribution in [2.75, 3.05) is 45.8 Å². The lowest BCUT2D eigenvalue weighted by Crippen LogP contribution is -2.49. The fourth-order valence-corrected chi connectivity index (χ4v) is 2.95. The predicted octanol–water partition coefficient (Wildman–Crippen LogP) is 2.87. The Balaban J connectivity index is 1.59. The molecule has 1 aromatic rings. The smallest absolute Gasteiger partial charge is 0.223 e. The molecule has 0 aromatic heterocycles. The summed E-state index contributed by atoms with van der Waals surface area (Å²) in [6.07, 6.45) is 6.17. The Labute approximate surface area is 152 Å². The fraction of sp³-hybridized carbons (Fsp3) is 0.571. The van der Waals surface area contributed by atoms with Crippen LogP contribution in [0.3, 0.4) is 0 Å². The summed E-state index contributed by atoms with van der Waals surface area (Å²) in [6, 6.07) is 10.4. The van der Waals surface area contributed by atoms with Gasteiger partial charge in [0.15, 0.2) is 0 Å². The molecule has 0 unspecified atom stereocenters. The van der Waals surface area contributed by atoms with E-state index in [9.17, 15) is 4.79 Å². The molecule has 1 saturated heterocycles. The number of carbonyl (C=O) groups excluding carboxylic acids is 1. The third kappa shape index (κ3) is 7.84. The Morgan fingerprint density at radius 3 is 2.52 bits per heavy atom. The first-order valence-electron chi connectivity index (χ1n) is 9.57. The molecule has 0 aliphatic carbocycles. The molecule has 1 aromatic carbocycles. The van der Waals surface area contributed by atoms with Gasteiger partial charge in [-0.3, -0.25) is 9.69 Å². The summed E-state index contributed by atoms with van der Waals surface area (Å²) in [7, 11) is 0. The van der Waals surface area contributed by atoms with Crippen LogP contribution in [0.2, 0.25) is 0 Å². The van der Waals surface area contributed by atoms with Crippen molar-refractivity contribution in [3.05, 3.63) is 42.0 Å². The van der Waals surface area contributed by atoms with Crippen molar-refractivity contribution in [3.8, 4) is 0 Å². The highest BCUT2D eigenvalue weighted by Gasteiger charge is 2.19. The van der Waals surface area contributed by atoms with Gasteiger partial charge in [0, 0.05) is 45.7 Å². The van der Waals surface area contributed by atoms with Gasteiger partial charge in [-0.15, -0.1) is 0 Å². The van der Waals surface area contributed by atoms with Crippen LogP contribution in [-0.2, 0) is 4.79 Å². The van der Waals surface area contributed by atoms with Crippen molar-refractivity contribution < 1.29 is 4.79 Å². The maximum absolute atomic E-state index is 12.3. The number of nitrogens with one attached hydrogen (secondary N) is 1. The molecule has 4 nitrogen and oxygen atoms in total. The molecular formula is C21H33N3O. The summed E-state index contributed by atoms with van der Waals surface area (Å²) in [5.74, 6) is 1.00. The van der Waals surface area contributed by atoms with Crippen molar-refractivity contribution in [3.63, 3.8) is 0 Å². The van der Waals surface area contributed by atoms with Crippen molar-refractivity contribution in [1.29, 1.82) is 0 Å². The Bertz CT molecular complexity index is 519. The minimum Gasteiger partial charge on any atom is -0.340 e. The number of rotatable bonds is 9. The zero-order valence-corrected chi connectivity index (χ0v) is 15.8. The second kappa shape index (κ2) is 11.1. The maximum Gasteiger partial charge on any atom is 0.223 e. The third-order valence-electron chi connectivity index (χ3n) is 4.61. The van der Waals surface area contributed by atoms with Gasteiger partial charge in [-0.25, -0.2) is 0 Å². The first-order valence-corrected chi connectivity index (χ1v) is 9.57. The molecule has 4 heteroatoms. The molecular weight excluding hydrogens is 310 g/mol. The monoisotopic (exact) mass is 343 g/mol. The van der Waals surface area contributed by atoms with Crippen LogP contribution in [-0.4, -0.2) is 61.5 Å². The van der Waals surface area contributed by atoms with Crippen LogP contribution in [0.5, 0.6) is 0 Å². The average Bonchev–Trinajstić information content (AvgIpc) is 2.62. The summed E-state index contributed by atoms with van der Waals surface area (Å²) in [4.78, 5) is 16.7. The zero-order valence-electron chi connectivity index (χ0n) is 15.8. The summed E-state index contributed by atoms with van der Waals surface area (Å²) in [6.45, 7) is 10.8. The molecule has 0 saturated carbocycles. The molecule has 25 heavy (non-hydrogen) atoms. The maximum atomic E-state index is 12.3. The SMILES string of the molecule is CC(C)CCNCCC(=O)N1CCN(C/C=C/c2ccccc2)CC1. The highest BCUT2D eigenvalue weighted by molar-refractivity contribution is 5.76. The average molecular weight is 344 g/mol. The first kappa shape index (κ1) is 19.7. The van der Waals surface area contributed by atoms with Crippen molar-refractivity contribution in [1.82, 2.24) is 15.1 Å². The lowest BCUT2D eigenvalue weighted by molar-refractivity contribution is -0.132. The van der Waals surface area contributed by atoms with Crippen LogP contribution in [0.1, 0.15) is 32.3 Å². The van der Waals surface area contributed by atoms with Crippen LogP contribution in [0.25, 0.3) is 6.08 Å². The fourth-order valence-electron chi connectivity index (χ4n) is 2.95. The molecule has 0 atom stereocenters. The third-order valence-corrected chi connectivity index (χ3v) is 4.61. The first-order chi connectivity index (χ1) is 12.1. The molecule has 0 radical (unpaired) electrons. The van der Waals surface area contributed by atoms with E-state index in [1.165, 1.54) is 12.0 Å². The van der Waals surface area contributed by atoms with Gasteiger partial charge < -0.3 is 10.2 Å². The number of nitrogens with zero attached hydrogens (tertiary/aromatic N) is 2. The van der Waals surface area contributed by atoms with Gasteiger partial charge in [0.25, 0.3) is 0 Å². The second-order valence-electron chi connectivity index (χ2n) is 7.18. The van der Waals surface area contributed by atoms with Gasteiger partial charge >= 0.3 is 0 Å². The molecule has 1 heterocycles.